The van der Waals surface area contributed by atoms with Crippen molar-refractivity contribution in [1.82, 2.24) is 0 Å². The number of esters is 2. The number of nitrogens with two attached hydrogens (primary N) is 1. The molecule has 0 bridgehead atoms. The van der Waals surface area contributed by atoms with Gasteiger partial charge in [0.15, 0.2) is 6.10 Å². The van der Waals surface area contributed by atoms with Gasteiger partial charge in [0.1, 0.15) is 6.61 Å². The van der Waals surface area contributed by atoms with Crippen LogP contribution in [0.25, 0.3) is 0 Å². The Kier molecular flexibility index (Phi) is 46.3. The Labute approximate surface area is 370 Å². The highest BCUT2D eigenvalue weighted by molar-refractivity contribution is 7.47. The molecule has 9 nitrogen and oxygen atoms in total. The van der Waals surface area contributed by atoms with Crippen molar-refractivity contribution in [3.05, 3.63) is 12.2 Å². The van der Waals surface area contributed by atoms with Gasteiger partial charge in [0.05, 0.1) is 13.2 Å². The minimum absolute atomic E-state index is 0.0564. The highest BCUT2D eigenvalue weighted by Crippen LogP contribution is 2.43. The summed E-state index contributed by atoms with van der Waals surface area (Å²) in [7, 11) is -4.38. The first kappa shape index (κ1) is 58.8. The Morgan fingerprint density at radius 2 is 0.817 bits per heavy atom. The van der Waals surface area contributed by atoms with Crippen molar-refractivity contribution in [3.63, 3.8) is 0 Å². The molecule has 0 aliphatic heterocycles. The van der Waals surface area contributed by atoms with Crippen LogP contribution in [-0.2, 0) is 32.7 Å². The predicted octanol–water partition coefficient (Wildman–Crippen LogP) is 15.3. The first-order chi connectivity index (χ1) is 29.3. The number of phosphoric ester groups is 1. The Morgan fingerprint density at radius 3 is 1.20 bits per heavy atom. The van der Waals surface area contributed by atoms with E-state index in [1.165, 1.54) is 199 Å². The second-order valence-electron chi connectivity index (χ2n) is 17.4. The minimum atomic E-state index is -4.38. The number of hydrogen-bond acceptors (Lipinski definition) is 8. The molecule has 0 spiro atoms. The zero-order valence-electron chi connectivity index (χ0n) is 39.5. The lowest BCUT2D eigenvalue weighted by Gasteiger charge is -2.19. The van der Waals surface area contributed by atoms with Crippen molar-refractivity contribution in [2.24, 2.45) is 5.73 Å². The van der Waals surface area contributed by atoms with E-state index >= 15 is 0 Å². The molecule has 0 aliphatic carbocycles. The maximum atomic E-state index is 12.6. The average Bonchev–Trinajstić information content (AvgIpc) is 3.24. The summed E-state index contributed by atoms with van der Waals surface area (Å²) in [4.78, 5) is 35.0. The number of carbonyl (C=O) groups excluding carboxylic acids is 2. The van der Waals surface area contributed by atoms with Gasteiger partial charge in [0.25, 0.3) is 0 Å². The van der Waals surface area contributed by atoms with E-state index in [1.807, 2.05) is 0 Å². The zero-order valence-corrected chi connectivity index (χ0v) is 40.4. The summed E-state index contributed by atoms with van der Waals surface area (Å²) in [6.07, 6.45) is 51.1. The smallest absolute Gasteiger partial charge is 0.462 e. The topological polar surface area (TPSA) is 134 Å². The second-order valence-corrected chi connectivity index (χ2v) is 18.9. The van der Waals surface area contributed by atoms with E-state index in [0.717, 1.165) is 32.1 Å². The molecule has 0 amide bonds. The minimum Gasteiger partial charge on any atom is -0.462 e. The molecule has 0 aromatic heterocycles. The molecule has 0 rings (SSSR count). The van der Waals surface area contributed by atoms with Crippen molar-refractivity contribution in [2.45, 2.75) is 270 Å². The summed E-state index contributed by atoms with van der Waals surface area (Å²) >= 11 is 0. The van der Waals surface area contributed by atoms with Crippen molar-refractivity contribution in [2.75, 3.05) is 26.4 Å². The monoisotopic (exact) mass is 872 g/mol. The third-order valence-corrected chi connectivity index (χ3v) is 12.4. The van der Waals surface area contributed by atoms with E-state index in [-0.39, 0.29) is 38.6 Å². The Bertz CT molecular complexity index is 995. The lowest BCUT2D eigenvalue weighted by molar-refractivity contribution is -0.161. The number of allylic oxidation sites excluding steroid dienone is 2. The fraction of sp³-hybridized carbons (Fsp3) is 0.920. The van der Waals surface area contributed by atoms with E-state index in [9.17, 15) is 19.0 Å². The van der Waals surface area contributed by atoms with E-state index in [2.05, 4.69) is 26.0 Å². The van der Waals surface area contributed by atoms with Crippen LogP contribution in [0, 0.1) is 0 Å². The van der Waals surface area contributed by atoms with Crippen molar-refractivity contribution in [1.29, 1.82) is 0 Å². The van der Waals surface area contributed by atoms with Crippen LogP contribution < -0.4 is 5.73 Å². The van der Waals surface area contributed by atoms with Gasteiger partial charge in [-0.05, 0) is 38.5 Å². The summed E-state index contributed by atoms with van der Waals surface area (Å²) in [5.41, 5.74) is 5.37. The molecule has 0 aromatic rings. The summed E-state index contributed by atoms with van der Waals surface area (Å²) in [5.74, 6) is -0.814. The van der Waals surface area contributed by atoms with Gasteiger partial charge in [0, 0.05) is 19.4 Å². The van der Waals surface area contributed by atoms with Gasteiger partial charge in [-0.15, -0.1) is 0 Å². The van der Waals surface area contributed by atoms with Crippen LogP contribution in [0.4, 0.5) is 0 Å². The van der Waals surface area contributed by atoms with E-state index in [1.54, 1.807) is 0 Å². The molecule has 0 radical (unpaired) electrons. The van der Waals surface area contributed by atoms with Crippen molar-refractivity contribution >= 4 is 19.8 Å². The van der Waals surface area contributed by atoms with Crippen LogP contribution in [0.5, 0.6) is 0 Å². The molecule has 60 heavy (non-hydrogen) atoms. The largest absolute Gasteiger partial charge is 0.472 e. The normalized spacial score (nSPS) is 13.2. The molecule has 1 unspecified atom stereocenters. The van der Waals surface area contributed by atoms with E-state index in [0.29, 0.717) is 6.42 Å². The highest BCUT2D eigenvalue weighted by Gasteiger charge is 2.26. The van der Waals surface area contributed by atoms with E-state index < -0.39 is 26.5 Å². The number of hydrogen-bond donors (Lipinski definition) is 2. The van der Waals surface area contributed by atoms with Crippen LogP contribution >= 0.6 is 7.82 Å². The lowest BCUT2D eigenvalue weighted by atomic mass is 10.0. The fourth-order valence-corrected chi connectivity index (χ4v) is 8.34. The molecule has 0 saturated carbocycles. The van der Waals surface area contributed by atoms with Crippen LogP contribution in [-0.4, -0.2) is 49.3 Å². The molecule has 0 aromatic carbocycles. The van der Waals surface area contributed by atoms with Gasteiger partial charge < -0.3 is 20.1 Å². The quantitative estimate of drug-likeness (QED) is 0.0265. The number of rotatable bonds is 49. The van der Waals surface area contributed by atoms with Crippen LogP contribution in [0.1, 0.15) is 264 Å². The van der Waals surface area contributed by atoms with Crippen LogP contribution in [0.2, 0.25) is 0 Å². The summed E-state index contributed by atoms with van der Waals surface area (Å²) < 4.78 is 32.9. The Morgan fingerprint density at radius 1 is 0.483 bits per heavy atom. The van der Waals surface area contributed by atoms with Gasteiger partial charge in [-0.2, -0.15) is 0 Å². The van der Waals surface area contributed by atoms with Crippen molar-refractivity contribution in [3.8, 4) is 0 Å². The third-order valence-electron chi connectivity index (χ3n) is 11.4. The van der Waals surface area contributed by atoms with Crippen LogP contribution in [0.15, 0.2) is 12.2 Å². The zero-order chi connectivity index (χ0) is 43.9. The van der Waals surface area contributed by atoms with E-state index in [4.69, 9.17) is 24.3 Å². The third kappa shape index (κ3) is 46.3. The molecule has 0 fully saturated rings. The van der Waals surface area contributed by atoms with Gasteiger partial charge in [-0.25, -0.2) is 4.57 Å². The molecule has 356 valence electrons. The van der Waals surface area contributed by atoms with Crippen molar-refractivity contribution < 1.29 is 37.6 Å². The molecule has 0 aliphatic rings. The SMILES string of the molecule is CCCCCC/C=C/CCCCCCCCCCCC(=O)OC[C@H](COP(=O)(O)OCCN)OC(=O)CCCCCCCCCCCCCCCCCCCCCCCC. The number of phosphoric acid groups is 1. The Balaban J connectivity index is 3.99. The maximum absolute atomic E-state index is 12.6. The first-order valence-corrected chi connectivity index (χ1v) is 27.2. The maximum Gasteiger partial charge on any atom is 0.472 e. The number of ether oxygens (including phenoxy) is 2. The highest BCUT2D eigenvalue weighted by atomic mass is 31.2. The molecule has 0 saturated heterocycles. The van der Waals surface area contributed by atoms with Gasteiger partial charge in [-0.3, -0.25) is 18.6 Å². The Hall–Kier alpha value is -1.25. The fourth-order valence-electron chi connectivity index (χ4n) is 7.57. The lowest BCUT2D eigenvalue weighted by Crippen LogP contribution is -2.29. The van der Waals surface area contributed by atoms with Crippen LogP contribution in [0.3, 0.4) is 0 Å². The standard InChI is InChI=1S/C50H98NO8P/c1-3-5-7-9-11-13-15-17-19-21-22-23-24-25-27-29-31-33-35-37-39-41-43-50(53)59-48(47-58-60(54,55)57-45-44-51)46-56-49(52)42-40-38-36-34-32-30-28-26-20-18-16-14-12-10-8-6-4-2/h14,16,48H,3-13,15,17-47,51H2,1-2H3,(H,54,55)/b16-14+/t48-/m1/s1. The van der Waals surface area contributed by atoms with Gasteiger partial charge >= 0.3 is 19.8 Å². The molecule has 2 atom stereocenters. The predicted molar refractivity (Wildman–Crippen MR) is 252 cm³/mol. The summed E-state index contributed by atoms with van der Waals surface area (Å²) in [6.45, 7) is 3.78. The molecular formula is C50H98NO8P. The molecule has 10 heteroatoms. The second kappa shape index (κ2) is 47.2. The molecular weight excluding hydrogens is 774 g/mol. The summed E-state index contributed by atoms with van der Waals surface area (Å²) in [6, 6.07) is 0. The molecule has 3 N–H and O–H groups in total. The number of carbonyl (C=O) groups is 2. The number of unbranched alkanes of at least 4 members (excludes halogenated alkanes) is 34. The van der Waals surface area contributed by atoms with Gasteiger partial charge in [-0.1, -0.05) is 225 Å². The van der Waals surface area contributed by atoms with Gasteiger partial charge in [0.2, 0.25) is 0 Å². The first-order valence-electron chi connectivity index (χ1n) is 25.7. The average molecular weight is 872 g/mol. The molecule has 0 heterocycles. The summed E-state index contributed by atoms with van der Waals surface area (Å²) in [5, 5.41) is 0.